The average Bonchev–Trinajstić information content (AvgIpc) is 2.49. The molecule has 2 saturated heterocycles. The Morgan fingerprint density at radius 2 is 1.79 bits per heavy atom. The third-order valence-electron chi connectivity index (χ3n) is 3.97. The molecule has 0 saturated carbocycles. The van der Waals surface area contributed by atoms with E-state index in [9.17, 15) is 0 Å². The van der Waals surface area contributed by atoms with Crippen LogP contribution in [0.5, 0.6) is 0 Å². The van der Waals surface area contributed by atoms with Crippen LogP contribution in [-0.4, -0.2) is 60.5 Å². The number of aromatic nitrogens is 2. The van der Waals surface area contributed by atoms with Crippen molar-refractivity contribution in [3.8, 4) is 0 Å². The minimum Gasteiger partial charge on any atom is -0.379 e. The summed E-state index contributed by atoms with van der Waals surface area (Å²) in [5.74, 6) is 1.01. The minimum absolute atomic E-state index is 0.719. The lowest BCUT2D eigenvalue weighted by Gasteiger charge is -2.40. The summed E-state index contributed by atoms with van der Waals surface area (Å²) in [6, 6.07) is 4.82. The van der Waals surface area contributed by atoms with Gasteiger partial charge in [0.2, 0.25) is 0 Å². The average molecular weight is 374 g/mol. The Morgan fingerprint density at radius 1 is 1.05 bits per heavy atom. The maximum Gasteiger partial charge on any atom is 0.151 e. The second-order valence-electron chi connectivity index (χ2n) is 5.08. The van der Waals surface area contributed by atoms with Gasteiger partial charge in [0.25, 0.3) is 0 Å². The standard InChI is InChI=1S/C13H19IN4O/c14-12-1-2-13(16-15-12)18-5-3-11(4-6-18)17-7-9-19-10-8-17/h1-2,11H,3-10H2. The predicted octanol–water partition coefficient (Wildman–Crippen LogP) is 1.38. The number of morpholine rings is 1. The van der Waals surface area contributed by atoms with E-state index in [-0.39, 0.29) is 0 Å². The molecular weight excluding hydrogens is 355 g/mol. The van der Waals surface area contributed by atoms with Gasteiger partial charge in [-0.05, 0) is 47.6 Å². The van der Waals surface area contributed by atoms with E-state index in [2.05, 4.69) is 48.7 Å². The van der Waals surface area contributed by atoms with Crippen LogP contribution in [0.25, 0.3) is 0 Å². The summed E-state index contributed by atoms with van der Waals surface area (Å²) in [4.78, 5) is 4.93. The molecule has 19 heavy (non-hydrogen) atoms. The van der Waals surface area contributed by atoms with Crippen molar-refractivity contribution in [1.29, 1.82) is 0 Å². The molecule has 0 unspecified atom stereocenters. The van der Waals surface area contributed by atoms with E-state index in [4.69, 9.17) is 4.74 Å². The van der Waals surface area contributed by atoms with Crippen molar-refractivity contribution in [1.82, 2.24) is 15.1 Å². The second-order valence-corrected chi connectivity index (χ2v) is 6.19. The molecule has 0 bridgehead atoms. The first-order valence-electron chi connectivity index (χ1n) is 6.89. The Bertz CT molecular complexity index is 400. The Morgan fingerprint density at radius 3 is 2.42 bits per heavy atom. The van der Waals surface area contributed by atoms with Gasteiger partial charge in [-0.3, -0.25) is 4.90 Å². The maximum absolute atomic E-state index is 5.42. The molecule has 0 aliphatic carbocycles. The Balaban J connectivity index is 1.55. The molecule has 0 aromatic carbocycles. The fourth-order valence-electron chi connectivity index (χ4n) is 2.88. The van der Waals surface area contributed by atoms with Crippen LogP contribution in [0, 0.1) is 3.70 Å². The van der Waals surface area contributed by atoms with E-state index >= 15 is 0 Å². The Labute approximate surface area is 127 Å². The second kappa shape index (κ2) is 6.32. The normalized spacial score (nSPS) is 22.7. The molecular formula is C13H19IN4O. The first-order valence-corrected chi connectivity index (χ1v) is 7.97. The van der Waals surface area contributed by atoms with Gasteiger partial charge in [0.1, 0.15) is 3.70 Å². The lowest BCUT2D eigenvalue weighted by atomic mass is 10.0. The number of anilines is 1. The first-order chi connectivity index (χ1) is 9.33. The van der Waals surface area contributed by atoms with Crippen LogP contribution in [0.3, 0.4) is 0 Å². The summed E-state index contributed by atoms with van der Waals surface area (Å²) in [5, 5.41) is 8.41. The first kappa shape index (κ1) is 13.5. The number of rotatable bonds is 2. The highest BCUT2D eigenvalue weighted by Crippen LogP contribution is 2.21. The van der Waals surface area contributed by atoms with Gasteiger partial charge in [-0.2, -0.15) is 0 Å². The van der Waals surface area contributed by atoms with Gasteiger partial charge >= 0.3 is 0 Å². The molecule has 2 fully saturated rings. The molecule has 3 rings (SSSR count). The number of piperidine rings is 1. The van der Waals surface area contributed by atoms with Crippen LogP contribution >= 0.6 is 22.6 Å². The van der Waals surface area contributed by atoms with Gasteiger partial charge < -0.3 is 9.64 Å². The number of nitrogens with zero attached hydrogens (tertiary/aromatic N) is 4. The van der Waals surface area contributed by atoms with Crippen molar-refractivity contribution >= 4 is 28.4 Å². The summed E-state index contributed by atoms with van der Waals surface area (Å²) in [6.45, 7) is 6.13. The molecule has 104 valence electrons. The van der Waals surface area contributed by atoms with Crippen molar-refractivity contribution in [3.63, 3.8) is 0 Å². The van der Waals surface area contributed by atoms with Crippen LogP contribution in [-0.2, 0) is 4.74 Å². The van der Waals surface area contributed by atoms with E-state index < -0.39 is 0 Å². The van der Waals surface area contributed by atoms with Crippen LogP contribution in [0.2, 0.25) is 0 Å². The zero-order valence-corrected chi connectivity index (χ0v) is 13.1. The highest BCUT2D eigenvalue weighted by Gasteiger charge is 2.26. The van der Waals surface area contributed by atoms with E-state index in [0.717, 1.165) is 55.0 Å². The van der Waals surface area contributed by atoms with Crippen LogP contribution in [0.1, 0.15) is 12.8 Å². The van der Waals surface area contributed by atoms with Crippen molar-refractivity contribution in [3.05, 3.63) is 15.8 Å². The number of hydrogen-bond acceptors (Lipinski definition) is 5. The quantitative estimate of drug-likeness (QED) is 0.732. The molecule has 2 aliphatic heterocycles. The SMILES string of the molecule is Ic1ccc(N2CCC(N3CCOCC3)CC2)nn1. The molecule has 1 aromatic rings. The smallest absolute Gasteiger partial charge is 0.151 e. The molecule has 3 heterocycles. The molecule has 6 heteroatoms. The van der Waals surface area contributed by atoms with Gasteiger partial charge in [0, 0.05) is 32.2 Å². The summed E-state index contributed by atoms with van der Waals surface area (Å²) < 4.78 is 6.37. The summed E-state index contributed by atoms with van der Waals surface area (Å²) in [7, 11) is 0. The topological polar surface area (TPSA) is 41.5 Å². The van der Waals surface area contributed by atoms with Gasteiger partial charge in [-0.15, -0.1) is 10.2 Å². The number of halogens is 1. The third kappa shape index (κ3) is 3.35. The Hall–Kier alpha value is -0.470. The van der Waals surface area contributed by atoms with Crippen LogP contribution < -0.4 is 4.90 Å². The van der Waals surface area contributed by atoms with Gasteiger partial charge in [0.15, 0.2) is 5.82 Å². The van der Waals surface area contributed by atoms with E-state index in [0.29, 0.717) is 0 Å². The van der Waals surface area contributed by atoms with Gasteiger partial charge in [-0.25, -0.2) is 0 Å². The number of hydrogen-bond donors (Lipinski definition) is 0. The lowest BCUT2D eigenvalue weighted by molar-refractivity contribution is 0.0114. The molecule has 0 N–H and O–H groups in total. The largest absolute Gasteiger partial charge is 0.379 e. The van der Waals surface area contributed by atoms with Crippen molar-refractivity contribution < 1.29 is 4.74 Å². The molecule has 0 amide bonds. The van der Waals surface area contributed by atoms with Crippen LogP contribution in [0.4, 0.5) is 5.82 Å². The lowest BCUT2D eigenvalue weighted by Crippen LogP contribution is -2.49. The molecule has 0 spiro atoms. The van der Waals surface area contributed by atoms with Crippen molar-refractivity contribution in [2.45, 2.75) is 18.9 Å². The highest BCUT2D eigenvalue weighted by molar-refractivity contribution is 14.1. The van der Waals surface area contributed by atoms with Crippen molar-refractivity contribution in [2.24, 2.45) is 0 Å². The van der Waals surface area contributed by atoms with Gasteiger partial charge in [-0.1, -0.05) is 0 Å². The zero-order chi connectivity index (χ0) is 13.1. The predicted molar refractivity (Wildman–Crippen MR) is 82.4 cm³/mol. The van der Waals surface area contributed by atoms with E-state index in [1.54, 1.807) is 0 Å². The summed E-state index contributed by atoms with van der Waals surface area (Å²) in [5.41, 5.74) is 0. The number of ether oxygens (including phenoxy) is 1. The molecule has 5 nitrogen and oxygen atoms in total. The monoisotopic (exact) mass is 374 g/mol. The van der Waals surface area contributed by atoms with E-state index in [1.807, 2.05) is 6.07 Å². The highest BCUT2D eigenvalue weighted by atomic mass is 127. The van der Waals surface area contributed by atoms with E-state index in [1.165, 1.54) is 12.8 Å². The molecule has 2 aliphatic rings. The fourth-order valence-corrected chi connectivity index (χ4v) is 3.17. The fraction of sp³-hybridized carbons (Fsp3) is 0.692. The third-order valence-corrected chi connectivity index (χ3v) is 4.54. The molecule has 0 radical (unpaired) electrons. The van der Waals surface area contributed by atoms with Gasteiger partial charge in [0.05, 0.1) is 13.2 Å². The summed E-state index contributed by atoms with van der Waals surface area (Å²) >= 11 is 2.19. The van der Waals surface area contributed by atoms with Crippen molar-refractivity contribution in [2.75, 3.05) is 44.3 Å². The molecule has 0 atom stereocenters. The molecule has 1 aromatic heterocycles. The zero-order valence-electron chi connectivity index (χ0n) is 11.0. The maximum atomic E-state index is 5.42. The minimum atomic E-state index is 0.719. The Kier molecular flexibility index (Phi) is 4.49. The summed E-state index contributed by atoms with van der Waals surface area (Å²) in [6.07, 6.45) is 2.43. The van der Waals surface area contributed by atoms with Crippen LogP contribution in [0.15, 0.2) is 12.1 Å².